The van der Waals surface area contributed by atoms with Crippen LogP contribution in [0.1, 0.15) is 5.56 Å². The second kappa shape index (κ2) is 12.5. The summed E-state index contributed by atoms with van der Waals surface area (Å²) < 4.78 is 94.3. The Balaban J connectivity index is 0.000000362. The van der Waals surface area contributed by atoms with Crippen LogP contribution in [-0.4, -0.2) is 91.4 Å². The number of carboxylic acids is 2. The first-order valence-corrected chi connectivity index (χ1v) is 11.6. The molecule has 0 amide bonds. The highest BCUT2D eigenvalue weighted by Crippen LogP contribution is 2.34. The number of likely N-dealkylation sites (tertiary alicyclic amines) is 1. The lowest BCUT2D eigenvalue weighted by molar-refractivity contribution is -0.193. The molecule has 0 aromatic carbocycles. The van der Waals surface area contributed by atoms with Crippen molar-refractivity contribution in [3.8, 4) is 0 Å². The van der Waals surface area contributed by atoms with Gasteiger partial charge in [0.25, 0.3) is 0 Å². The molecule has 0 saturated carbocycles. The molecule has 2 saturated heterocycles. The lowest BCUT2D eigenvalue weighted by Crippen LogP contribution is -2.33. The van der Waals surface area contributed by atoms with Gasteiger partial charge >= 0.3 is 24.3 Å². The molecule has 0 spiro atoms. The predicted molar refractivity (Wildman–Crippen MR) is 106 cm³/mol. The molecule has 2 fully saturated rings. The van der Waals surface area contributed by atoms with Gasteiger partial charge in [-0.2, -0.15) is 26.3 Å². The highest BCUT2D eigenvalue weighted by atomic mass is 32.2. The van der Waals surface area contributed by atoms with Crippen molar-refractivity contribution in [1.29, 1.82) is 0 Å². The van der Waals surface area contributed by atoms with E-state index < -0.39 is 34.3 Å². The number of hydrogen-bond donors (Lipinski definition) is 3. The van der Waals surface area contributed by atoms with Crippen molar-refractivity contribution in [2.75, 3.05) is 32.5 Å². The standard InChI is InChI=1S/C14H21N3O3S.2C2HF3O2/c1-21(18,19)16-6-12-10-20-14-9-17(8-13(12)14)7-11-3-2-4-15-5-11;2*3-2(4,5)1(6)7/h2-5,12-14,16H,6-10H2,1H3;2*(H,6,7)/t12-,13-,14-;;/m1../s1. The van der Waals surface area contributed by atoms with Gasteiger partial charge in [0.05, 0.1) is 19.0 Å². The maximum absolute atomic E-state index is 11.2. The number of aliphatic carboxylic acids is 2. The van der Waals surface area contributed by atoms with E-state index >= 15 is 0 Å². The Morgan fingerprint density at radius 1 is 1.14 bits per heavy atom. The second-order valence-corrected chi connectivity index (χ2v) is 9.41. The van der Waals surface area contributed by atoms with Gasteiger partial charge in [-0.25, -0.2) is 22.7 Å². The molecular formula is C18H23F6N3O7S. The van der Waals surface area contributed by atoms with Gasteiger partial charge in [-0.3, -0.25) is 9.88 Å². The highest BCUT2D eigenvalue weighted by Gasteiger charge is 2.43. The number of aromatic nitrogens is 1. The molecule has 3 rings (SSSR count). The first-order chi connectivity index (χ1) is 15.9. The SMILES string of the molecule is CS(=O)(=O)NC[C@@H]1CO[C@@H]2CN(Cc3cccnc3)C[C@H]12.O=C(O)C(F)(F)F.O=C(O)C(F)(F)F. The molecule has 17 heteroatoms. The van der Waals surface area contributed by atoms with E-state index in [0.29, 0.717) is 19.1 Å². The monoisotopic (exact) mass is 539 g/mol. The summed E-state index contributed by atoms with van der Waals surface area (Å²) in [7, 11) is -3.13. The van der Waals surface area contributed by atoms with E-state index in [1.807, 2.05) is 12.3 Å². The van der Waals surface area contributed by atoms with Crippen molar-refractivity contribution in [2.24, 2.45) is 11.8 Å². The predicted octanol–water partition coefficient (Wildman–Crippen LogP) is 1.34. The topological polar surface area (TPSA) is 146 Å². The van der Waals surface area contributed by atoms with E-state index in [0.717, 1.165) is 19.6 Å². The average molecular weight is 539 g/mol. The molecule has 200 valence electrons. The number of carboxylic acid groups (broad SMARTS) is 2. The number of halogens is 6. The summed E-state index contributed by atoms with van der Waals surface area (Å²) in [6, 6.07) is 4.02. The van der Waals surface area contributed by atoms with Gasteiger partial charge in [-0.1, -0.05) is 6.07 Å². The molecule has 3 atom stereocenters. The molecule has 2 aliphatic rings. The van der Waals surface area contributed by atoms with Crippen LogP contribution in [0.15, 0.2) is 24.5 Å². The largest absolute Gasteiger partial charge is 0.490 e. The number of alkyl halides is 6. The van der Waals surface area contributed by atoms with Crippen LogP contribution in [0.5, 0.6) is 0 Å². The number of nitrogens with zero attached hydrogens (tertiary/aromatic N) is 2. The van der Waals surface area contributed by atoms with Gasteiger partial charge in [0.1, 0.15) is 0 Å². The third kappa shape index (κ3) is 11.7. The van der Waals surface area contributed by atoms with Crippen LogP contribution < -0.4 is 4.72 Å². The maximum Gasteiger partial charge on any atom is 0.490 e. The minimum atomic E-state index is -5.08. The zero-order valence-corrected chi connectivity index (χ0v) is 18.9. The van der Waals surface area contributed by atoms with Gasteiger partial charge in [-0.05, 0) is 11.6 Å². The van der Waals surface area contributed by atoms with Crippen molar-refractivity contribution in [3.63, 3.8) is 0 Å². The number of hydrogen-bond acceptors (Lipinski definition) is 7. The molecular weight excluding hydrogens is 516 g/mol. The van der Waals surface area contributed by atoms with Crippen molar-refractivity contribution in [2.45, 2.75) is 25.0 Å². The second-order valence-electron chi connectivity index (χ2n) is 7.58. The molecule has 0 unspecified atom stereocenters. The molecule has 35 heavy (non-hydrogen) atoms. The Morgan fingerprint density at radius 3 is 2.11 bits per heavy atom. The fraction of sp³-hybridized carbons (Fsp3) is 0.611. The summed E-state index contributed by atoms with van der Waals surface area (Å²) in [4.78, 5) is 24.3. The van der Waals surface area contributed by atoms with E-state index in [2.05, 4.69) is 20.7 Å². The molecule has 3 heterocycles. The molecule has 10 nitrogen and oxygen atoms in total. The van der Waals surface area contributed by atoms with E-state index in [1.54, 1.807) is 6.20 Å². The van der Waals surface area contributed by atoms with Gasteiger partial charge in [-0.15, -0.1) is 0 Å². The first-order valence-electron chi connectivity index (χ1n) is 9.68. The lowest BCUT2D eigenvalue weighted by atomic mass is 9.93. The van der Waals surface area contributed by atoms with Crippen molar-refractivity contribution < 1.29 is 59.3 Å². The van der Waals surface area contributed by atoms with Crippen molar-refractivity contribution in [1.82, 2.24) is 14.6 Å². The summed E-state index contributed by atoms with van der Waals surface area (Å²) in [6.45, 7) is 3.86. The van der Waals surface area contributed by atoms with Crippen LogP contribution >= 0.6 is 0 Å². The summed E-state index contributed by atoms with van der Waals surface area (Å²) in [5.74, 6) is -4.83. The zero-order valence-electron chi connectivity index (χ0n) is 18.1. The maximum atomic E-state index is 11.2. The minimum Gasteiger partial charge on any atom is -0.475 e. The Bertz CT molecular complexity index is 920. The third-order valence-electron chi connectivity index (χ3n) is 4.74. The first kappa shape index (κ1) is 30.5. The Hall–Kier alpha value is -2.50. The normalized spacial score (nSPS) is 22.3. The molecule has 3 N–H and O–H groups in total. The summed E-state index contributed by atoms with van der Waals surface area (Å²) >= 11 is 0. The van der Waals surface area contributed by atoms with E-state index in [1.165, 1.54) is 11.8 Å². The number of ether oxygens (including phenoxy) is 1. The zero-order chi connectivity index (χ0) is 27.0. The van der Waals surface area contributed by atoms with Crippen LogP contribution in [0.2, 0.25) is 0 Å². The number of nitrogens with one attached hydrogen (secondary N) is 1. The summed E-state index contributed by atoms with van der Waals surface area (Å²) in [5.41, 5.74) is 1.20. The third-order valence-corrected chi connectivity index (χ3v) is 5.43. The van der Waals surface area contributed by atoms with E-state index in [9.17, 15) is 34.8 Å². The molecule has 0 radical (unpaired) electrons. The molecule has 0 aliphatic carbocycles. The fourth-order valence-electron chi connectivity index (χ4n) is 3.23. The number of fused-ring (bicyclic) bond motifs is 1. The number of sulfonamides is 1. The van der Waals surface area contributed by atoms with Crippen LogP contribution in [0.4, 0.5) is 26.3 Å². The smallest absolute Gasteiger partial charge is 0.475 e. The summed E-state index contributed by atoms with van der Waals surface area (Å²) in [5, 5.41) is 14.2. The van der Waals surface area contributed by atoms with E-state index in [4.69, 9.17) is 24.5 Å². The number of rotatable bonds is 5. The average Bonchev–Trinajstić information content (AvgIpc) is 3.26. The van der Waals surface area contributed by atoms with Gasteiger partial charge in [0, 0.05) is 50.4 Å². The van der Waals surface area contributed by atoms with Crippen LogP contribution in [0, 0.1) is 11.8 Å². The number of carbonyl (C=O) groups is 2. The molecule has 1 aromatic heterocycles. The van der Waals surface area contributed by atoms with Gasteiger partial charge in [0.15, 0.2) is 0 Å². The lowest BCUT2D eigenvalue weighted by Gasteiger charge is -2.19. The Labute approximate surface area is 195 Å². The van der Waals surface area contributed by atoms with Gasteiger partial charge in [0.2, 0.25) is 10.0 Å². The van der Waals surface area contributed by atoms with E-state index in [-0.39, 0.29) is 12.0 Å². The molecule has 1 aromatic rings. The number of pyridine rings is 1. The van der Waals surface area contributed by atoms with Crippen LogP contribution in [0.3, 0.4) is 0 Å². The Kier molecular flexibility index (Phi) is 10.9. The fourth-order valence-corrected chi connectivity index (χ4v) is 3.74. The highest BCUT2D eigenvalue weighted by molar-refractivity contribution is 7.88. The van der Waals surface area contributed by atoms with Crippen molar-refractivity contribution >= 4 is 22.0 Å². The van der Waals surface area contributed by atoms with Crippen LogP contribution in [-0.2, 0) is 30.9 Å². The van der Waals surface area contributed by atoms with Crippen LogP contribution in [0.25, 0.3) is 0 Å². The quantitative estimate of drug-likeness (QED) is 0.472. The Morgan fingerprint density at radius 2 is 1.69 bits per heavy atom. The minimum absolute atomic E-state index is 0.230. The summed E-state index contributed by atoms with van der Waals surface area (Å²) in [6.07, 6.45) is -5.08. The molecule has 0 bridgehead atoms. The van der Waals surface area contributed by atoms with Crippen molar-refractivity contribution in [3.05, 3.63) is 30.1 Å². The molecule has 2 aliphatic heterocycles. The van der Waals surface area contributed by atoms with Gasteiger partial charge < -0.3 is 14.9 Å².